The quantitative estimate of drug-likeness (QED) is 0.143. The van der Waals surface area contributed by atoms with Gasteiger partial charge in [-0.25, -0.2) is 30.4 Å². The van der Waals surface area contributed by atoms with E-state index in [9.17, 15) is 30.8 Å². The number of sulfonamides is 1. The maximum Gasteiger partial charge on any atom is 0.270 e. The second-order valence-corrected chi connectivity index (χ2v) is 14.7. The lowest BCUT2D eigenvalue weighted by atomic mass is 9.87. The van der Waals surface area contributed by atoms with E-state index in [4.69, 9.17) is 0 Å². The van der Waals surface area contributed by atoms with E-state index in [0.717, 1.165) is 13.1 Å². The van der Waals surface area contributed by atoms with Crippen molar-refractivity contribution in [3.63, 3.8) is 0 Å². The van der Waals surface area contributed by atoms with Crippen LogP contribution in [-0.4, -0.2) is 49.3 Å². The predicted molar refractivity (Wildman–Crippen MR) is 182 cm³/mol. The molecule has 0 unspecified atom stereocenters. The molecule has 4 aromatic rings. The van der Waals surface area contributed by atoms with Crippen LogP contribution in [0.3, 0.4) is 0 Å². The number of anilines is 1. The molecule has 50 heavy (non-hydrogen) atoms. The van der Waals surface area contributed by atoms with Crippen LogP contribution in [0.2, 0.25) is 0 Å². The highest BCUT2D eigenvalue weighted by Gasteiger charge is 2.32. The third kappa shape index (κ3) is 9.52. The number of aromatic nitrogens is 1. The van der Waals surface area contributed by atoms with Gasteiger partial charge in [0.15, 0.2) is 0 Å². The van der Waals surface area contributed by atoms with Gasteiger partial charge in [0.05, 0.1) is 23.8 Å². The predicted octanol–water partition coefficient (Wildman–Crippen LogP) is 7.21. The molecule has 1 aliphatic rings. The van der Waals surface area contributed by atoms with Gasteiger partial charge in [-0.1, -0.05) is 42.5 Å². The van der Waals surface area contributed by atoms with Crippen molar-refractivity contribution < 1.29 is 35.2 Å². The number of piperazine rings is 1. The van der Waals surface area contributed by atoms with Gasteiger partial charge in [0.2, 0.25) is 15.9 Å². The molecule has 0 radical (unpaired) electrons. The van der Waals surface area contributed by atoms with E-state index in [2.05, 4.69) is 15.6 Å². The van der Waals surface area contributed by atoms with Crippen molar-refractivity contribution in [3.8, 4) is 0 Å². The third-order valence-corrected chi connectivity index (χ3v) is 10.7. The molecule has 1 aliphatic heterocycles. The summed E-state index contributed by atoms with van der Waals surface area (Å²) in [5.41, 5.74) is 2.35. The summed E-state index contributed by atoms with van der Waals surface area (Å²) in [6, 6.07) is 14.9. The van der Waals surface area contributed by atoms with E-state index in [-0.39, 0.29) is 42.0 Å². The number of hydrogen-bond donors (Lipinski definition) is 2. The number of alkyl halides is 2. The monoisotopic (exact) mass is 714 g/mol. The highest BCUT2D eigenvalue weighted by Crippen LogP contribution is 2.32. The van der Waals surface area contributed by atoms with Crippen molar-refractivity contribution in [1.29, 1.82) is 0 Å². The van der Waals surface area contributed by atoms with Crippen LogP contribution in [0.5, 0.6) is 0 Å². The van der Waals surface area contributed by atoms with Crippen molar-refractivity contribution in [2.45, 2.75) is 63.2 Å². The molecular weight excluding hydrogens is 675 g/mol. The topological polar surface area (TPSA) is 91.4 Å². The van der Waals surface area contributed by atoms with Crippen molar-refractivity contribution in [2.75, 3.05) is 25.0 Å². The normalized spacial score (nSPS) is 16.3. The molecule has 0 aliphatic carbocycles. The standard InChI is InChI=1S/C37H39F5N4O3S/c1-24-16-27(18-30(39)17-24)33(26-8-12-29(38)13-9-26)19-36(47)45-35-22-44-21-34(40)32(35)5-3-4-31-20-43-14-15-46(31)50(48,49)23-25-6-10-28(11-7-25)37(2,41)42/h6-13,16-18,21-22,31,33,43H,3-5,14-15,19-20,23H2,1-2H3,(H,45,47)/t31-,33-/m0/s1. The van der Waals surface area contributed by atoms with Crippen LogP contribution < -0.4 is 10.6 Å². The first-order valence-electron chi connectivity index (χ1n) is 16.3. The van der Waals surface area contributed by atoms with Gasteiger partial charge in [0, 0.05) is 56.1 Å². The van der Waals surface area contributed by atoms with Crippen LogP contribution in [0, 0.1) is 24.4 Å². The summed E-state index contributed by atoms with van der Waals surface area (Å²) in [5.74, 6) is -6.04. The van der Waals surface area contributed by atoms with Crippen LogP contribution in [0.4, 0.5) is 27.6 Å². The first-order valence-corrected chi connectivity index (χ1v) is 17.9. The smallest absolute Gasteiger partial charge is 0.270 e. The van der Waals surface area contributed by atoms with Crippen LogP contribution >= 0.6 is 0 Å². The molecule has 1 aromatic heterocycles. The van der Waals surface area contributed by atoms with Gasteiger partial charge in [-0.2, -0.15) is 4.31 Å². The van der Waals surface area contributed by atoms with Gasteiger partial charge < -0.3 is 10.6 Å². The second kappa shape index (κ2) is 15.8. The van der Waals surface area contributed by atoms with Gasteiger partial charge in [0.25, 0.3) is 5.92 Å². The van der Waals surface area contributed by atoms with Crippen LogP contribution in [-0.2, 0) is 32.9 Å². The molecule has 2 atom stereocenters. The number of rotatable bonds is 13. The van der Waals surface area contributed by atoms with Crippen molar-refractivity contribution in [2.24, 2.45) is 0 Å². The molecule has 7 nitrogen and oxygen atoms in total. The molecule has 0 bridgehead atoms. The molecule has 1 amide bonds. The number of hydrogen-bond acceptors (Lipinski definition) is 5. The number of nitrogens with zero attached hydrogens (tertiary/aromatic N) is 2. The lowest BCUT2D eigenvalue weighted by Gasteiger charge is -2.35. The zero-order valence-corrected chi connectivity index (χ0v) is 28.6. The largest absolute Gasteiger partial charge is 0.324 e. The van der Waals surface area contributed by atoms with Gasteiger partial charge in [-0.15, -0.1) is 0 Å². The maximum atomic E-state index is 15.1. The van der Waals surface area contributed by atoms with E-state index in [1.54, 1.807) is 13.0 Å². The fourth-order valence-electron chi connectivity index (χ4n) is 6.36. The number of halogens is 5. The van der Waals surface area contributed by atoms with E-state index in [1.807, 2.05) is 0 Å². The Bertz CT molecular complexity index is 1880. The lowest BCUT2D eigenvalue weighted by Crippen LogP contribution is -2.53. The van der Waals surface area contributed by atoms with Crippen molar-refractivity contribution >= 4 is 21.6 Å². The number of aryl methyl sites for hydroxylation is 1. The zero-order chi connectivity index (χ0) is 36.1. The summed E-state index contributed by atoms with van der Waals surface area (Å²) in [5, 5.41) is 5.95. The highest BCUT2D eigenvalue weighted by atomic mass is 32.2. The van der Waals surface area contributed by atoms with E-state index >= 15 is 4.39 Å². The van der Waals surface area contributed by atoms with E-state index < -0.39 is 51.3 Å². The van der Waals surface area contributed by atoms with E-state index in [0.29, 0.717) is 48.2 Å². The molecule has 5 rings (SSSR count). The minimum absolute atomic E-state index is 0.144. The Morgan fingerprint density at radius 3 is 2.40 bits per heavy atom. The Labute approximate surface area is 289 Å². The molecule has 2 heterocycles. The summed E-state index contributed by atoms with van der Waals surface area (Å²) in [4.78, 5) is 17.3. The summed E-state index contributed by atoms with van der Waals surface area (Å²) in [6.07, 6.45) is 3.17. The molecule has 0 spiro atoms. The van der Waals surface area contributed by atoms with Gasteiger partial charge >= 0.3 is 0 Å². The average molecular weight is 715 g/mol. The van der Waals surface area contributed by atoms with Gasteiger partial charge in [-0.3, -0.25) is 9.78 Å². The minimum atomic E-state index is -3.81. The second-order valence-electron chi connectivity index (χ2n) is 12.8. The van der Waals surface area contributed by atoms with Crippen LogP contribution in [0.1, 0.15) is 65.5 Å². The number of nitrogens with one attached hydrogen (secondary N) is 2. The van der Waals surface area contributed by atoms with Crippen LogP contribution in [0.25, 0.3) is 0 Å². The van der Waals surface area contributed by atoms with Crippen molar-refractivity contribution in [3.05, 3.63) is 130 Å². The summed E-state index contributed by atoms with van der Waals surface area (Å²) < 4.78 is 98.8. The number of benzene rings is 3. The number of carbonyl (C=O) groups excluding carboxylic acids is 1. The maximum absolute atomic E-state index is 15.1. The van der Waals surface area contributed by atoms with E-state index in [1.165, 1.54) is 71.2 Å². The summed E-state index contributed by atoms with van der Waals surface area (Å²) >= 11 is 0. The van der Waals surface area contributed by atoms with Crippen LogP contribution in [0.15, 0.2) is 79.1 Å². The minimum Gasteiger partial charge on any atom is -0.324 e. The summed E-state index contributed by atoms with van der Waals surface area (Å²) in [6.45, 7) is 3.56. The Kier molecular flexibility index (Phi) is 11.7. The number of carbonyl (C=O) groups is 1. The van der Waals surface area contributed by atoms with Gasteiger partial charge in [0.1, 0.15) is 17.5 Å². The molecule has 1 fully saturated rings. The highest BCUT2D eigenvalue weighted by molar-refractivity contribution is 7.88. The zero-order valence-electron chi connectivity index (χ0n) is 27.7. The average Bonchev–Trinajstić information content (AvgIpc) is 3.05. The molecule has 266 valence electrons. The third-order valence-electron chi connectivity index (χ3n) is 8.84. The SMILES string of the molecule is Cc1cc(F)cc([C@@H](CC(=O)Nc2cncc(F)c2CCC[C@H]2CNCCN2S(=O)(=O)Cc2ccc(C(C)(F)F)cc2)c2ccc(F)cc2)c1. The Balaban J connectivity index is 1.26. The molecule has 13 heteroatoms. The van der Waals surface area contributed by atoms with Gasteiger partial charge in [-0.05, 0) is 72.7 Å². The molecule has 0 saturated carbocycles. The summed E-state index contributed by atoms with van der Waals surface area (Å²) in [7, 11) is -3.81. The first-order chi connectivity index (χ1) is 23.7. The molecular formula is C37H39F5N4O3S. The Morgan fingerprint density at radius 1 is 1.00 bits per heavy atom. The first kappa shape index (κ1) is 37.1. The fourth-order valence-corrected chi connectivity index (χ4v) is 8.14. The fraction of sp³-hybridized carbons (Fsp3) is 0.351. The number of pyridine rings is 1. The molecule has 3 aromatic carbocycles. The molecule has 2 N–H and O–H groups in total. The Hall–Kier alpha value is -4.20. The van der Waals surface area contributed by atoms with Crippen molar-refractivity contribution in [1.82, 2.24) is 14.6 Å². The Morgan fingerprint density at radius 2 is 1.72 bits per heavy atom. The lowest BCUT2D eigenvalue weighted by molar-refractivity contribution is -0.116. The molecule has 1 saturated heterocycles. The number of amides is 1.